The van der Waals surface area contributed by atoms with E-state index in [9.17, 15) is 9.90 Å². The molecule has 0 amide bonds. The van der Waals surface area contributed by atoms with E-state index >= 15 is 0 Å². The number of benzene rings is 1. The number of nitrogens with zero attached hydrogens (tertiary/aromatic N) is 2. The molecule has 2 heterocycles. The zero-order valence-electron chi connectivity index (χ0n) is 21.5. The molecule has 35 heavy (non-hydrogen) atoms. The van der Waals surface area contributed by atoms with Gasteiger partial charge in [-0.05, 0) is 101 Å². The molecule has 1 unspecified atom stereocenters. The summed E-state index contributed by atoms with van der Waals surface area (Å²) in [5.41, 5.74) is 4.42. The summed E-state index contributed by atoms with van der Waals surface area (Å²) in [7, 11) is 0. The van der Waals surface area contributed by atoms with E-state index in [-0.39, 0.29) is 11.7 Å². The summed E-state index contributed by atoms with van der Waals surface area (Å²) in [6, 6.07) is 11.2. The Labute approximate surface area is 209 Å². The first kappa shape index (κ1) is 25.6. The zero-order valence-corrected chi connectivity index (χ0v) is 21.5. The van der Waals surface area contributed by atoms with E-state index in [1.165, 1.54) is 36.2 Å². The monoisotopic (exact) mass is 480 g/mol. The van der Waals surface area contributed by atoms with Crippen LogP contribution in [0.15, 0.2) is 36.4 Å². The fraction of sp³-hybridized carbons (Fsp3) is 0.586. The molecule has 0 bridgehead atoms. The van der Waals surface area contributed by atoms with Crippen molar-refractivity contribution in [3.63, 3.8) is 0 Å². The van der Waals surface area contributed by atoms with Crippen LogP contribution in [-0.2, 0) is 28.8 Å². The molecule has 0 spiro atoms. The number of carboxylic acids is 1. The van der Waals surface area contributed by atoms with Gasteiger partial charge in [0, 0.05) is 31.1 Å². The van der Waals surface area contributed by atoms with Crippen LogP contribution in [0.5, 0.6) is 5.75 Å². The van der Waals surface area contributed by atoms with Gasteiger partial charge in [0.2, 0.25) is 0 Å². The highest BCUT2D eigenvalue weighted by molar-refractivity contribution is 5.75. The Morgan fingerprint density at radius 1 is 1.11 bits per heavy atom. The summed E-state index contributed by atoms with van der Waals surface area (Å²) in [6.45, 7) is 8.06. The van der Waals surface area contributed by atoms with Crippen molar-refractivity contribution in [3.8, 4) is 5.75 Å². The quantitative estimate of drug-likeness (QED) is 0.461. The number of aryl methyl sites for hydroxylation is 3. The van der Waals surface area contributed by atoms with Crippen molar-refractivity contribution in [1.29, 1.82) is 0 Å². The average Bonchev–Trinajstić information content (AvgIpc) is 3.27. The molecule has 1 N–H and O–H groups in total. The Kier molecular flexibility index (Phi) is 8.45. The maximum Gasteiger partial charge on any atom is 0.325 e. The van der Waals surface area contributed by atoms with E-state index < -0.39 is 12.0 Å². The summed E-state index contributed by atoms with van der Waals surface area (Å²) in [5.74, 6) is -0.0775. The number of pyridine rings is 1. The molecule has 0 saturated carbocycles. The number of carboxylic acid groups (broad SMARTS) is 1. The SMILES string of the molecule is CC(C)(C)Oc1ccc(C(C(=O)O)N2CC[C@@H](OCCCCc3ccc4c(n3)CCCC4)C2)cc1. The predicted molar refractivity (Wildman–Crippen MR) is 137 cm³/mol. The third-order valence-electron chi connectivity index (χ3n) is 6.81. The molecule has 1 saturated heterocycles. The largest absolute Gasteiger partial charge is 0.488 e. The van der Waals surface area contributed by atoms with Crippen molar-refractivity contribution in [2.45, 2.75) is 89.9 Å². The molecular formula is C29H40N2O4. The lowest BCUT2D eigenvalue weighted by molar-refractivity contribution is -0.143. The van der Waals surface area contributed by atoms with Gasteiger partial charge in [-0.3, -0.25) is 14.7 Å². The smallest absolute Gasteiger partial charge is 0.325 e. The van der Waals surface area contributed by atoms with E-state index in [0.29, 0.717) is 13.2 Å². The Morgan fingerprint density at radius 2 is 1.89 bits per heavy atom. The van der Waals surface area contributed by atoms with Crippen molar-refractivity contribution in [2.24, 2.45) is 0 Å². The molecule has 1 aromatic heterocycles. The molecule has 1 aromatic carbocycles. The first-order chi connectivity index (χ1) is 16.8. The number of hydrogen-bond donors (Lipinski definition) is 1. The molecule has 2 aliphatic rings. The second-order valence-corrected chi connectivity index (χ2v) is 10.9. The molecule has 1 aliphatic carbocycles. The van der Waals surface area contributed by atoms with Crippen molar-refractivity contribution in [2.75, 3.05) is 19.7 Å². The van der Waals surface area contributed by atoms with Gasteiger partial charge in [0.1, 0.15) is 17.4 Å². The molecule has 2 aromatic rings. The summed E-state index contributed by atoms with van der Waals surface area (Å²) in [6.07, 6.45) is 8.83. The van der Waals surface area contributed by atoms with Crippen LogP contribution in [0, 0.1) is 0 Å². The number of likely N-dealkylation sites (tertiary alicyclic amines) is 1. The first-order valence-corrected chi connectivity index (χ1v) is 13.1. The second kappa shape index (κ2) is 11.5. The van der Waals surface area contributed by atoms with Crippen LogP contribution in [0.2, 0.25) is 0 Å². The number of carbonyl (C=O) groups is 1. The van der Waals surface area contributed by atoms with Gasteiger partial charge >= 0.3 is 5.97 Å². The van der Waals surface area contributed by atoms with E-state index in [1.807, 2.05) is 49.9 Å². The standard InChI is InChI=1S/C29H40N2O4/c1-29(2,3)35-24-15-12-22(13-16-24)27(28(32)33)31-18-17-25(20-31)34-19-7-6-9-23-14-11-21-8-4-5-10-26(21)30-23/h11-16,25,27H,4-10,17-20H2,1-3H3,(H,32,33)/t25-,27?/m1/s1. The maximum atomic E-state index is 12.1. The lowest BCUT2D eigenvalue weighted by atomic mass is 9.95. The molecule has 1 fully saturated rings. The van der Waals surface area contributed by atoms with Crippen molar-refractivity contribution >= 4 is 5.97 Å². The Hall–Kier alpha value is -2.44. The van der Waals surface area contributed by atoms with Crippen molar-refractivity contribution < 1.29 is 19.4 Å². The number of hydrogen-bond acceptors (Lipinski definition) is 5. The van der Waals surface area contributed by atoms with Crippen LogP contribution >= 0.6 is 0 Å². The van der Waals surface area contributed by atoms with Gasteiger partial charge in [-0.15, -0.1) is 0 Å². The van der Waals surface area contributed by atoms with E-state index in [0.717, 1.165) is 50.0 Å². The van der Waals surface area contributed by atoms with Gasteiger partial charge in [-0.25, -0.2) is 0 Å². The molecule has 190 valence electrons. The lowest BCUT2D eigenvalue weighted by Gasteiger charge is -2.25. The molecule has 4 rings (SSSR count). The normalized spacial score (nSPS) is 19.3. The Bertz CT molecular complexity index is 983. The average molecular weight is 481 g/mol. The topological polar surface area (TPSA) is 71.9 Å². The highest BCUT2D eigenvalue weighted by Crippen LogP contribution is 2.29. The summed E-state index contributed by atoms with van der Waals surface area (Å²) in [4.78, 5) is 19.0. The summed E-state index contributed by atoms with van der Waals surface area (Å²) < 4.78 is 12.0. The molecular weight excluding hydrogens is 440 g/mol. The molecule has 0 radical (unpaired) electrons. The fourth-order valence-electron chi connectivity index (χ4n) is 5.13. The number of ether oxygens (including phenoxy) is 2. The maximum absolute atomic E-state index is 12.1. The second-order valence-electron chi connectivity index (χ2n) is 10.9. The van der Waals surface area contributed by atoms with Gasteiger partial charge in [0.05, 0.1) is 6.10 Å². The number of aromatic nitrogens is 1. The van der Waals surface area contributed by atoms with Gasteiger partial charge in [0.25, 0.3) is 0 Å². The van der Waals surface area contributed by atoms with Crippen LogP contribution in [0.25, 0.3) is 0 Å². The molecule has 1 aliphatic heterocycles. The number of aliphatic carboxylic acids is 1. The van der Waals surface area contributed by atoms with Crippen LogP contribution in [0.1, 0.15) is 81.4 Å². The van der Waals surface area contributed by atoms with Crippen molar-refractivity contribution in [1.82, 2.24) is 9.88 Å². The van der Waals surface area contributed by atoms with Crippen molar-refractivity contribution in [3.05, 3.63) is 58.9 Å². The summed E-state index contributed by atoms with van der Waals surface area (Å²) >= 11 is 0. The molecule has 6 heteroatoms. The highest BCUT2D eigenvalue weighted by atomic mass is 16.5. The third-order valence-corrected chi connectivity index (χ3v) is 6.81. The predicted octanol–water partition coefficient (Wildman–Crippen LogP) is 5.38. The van der Waals surface area contributed by atoms with E-state index in [1.54, 1.807) is 0 Å². The lowest BCUT2D eigenvalue weighted by Crippen LogP contribution is -2.33. The first-order valence-electron chi connectivity index (χ1n) is 13.1. The van der Waals surface area contributed by atoms with Gasteiger partial charge in [-0.1, -0.05) is 18.2 Å². The Morgan fingerprint density at radius 3 is 2.63 bits per heavy atom. The number of unbranched alkanes of at least 4 members (excludes halogenated alkanes) is 1. The minimum atomic E-state index is -0.826. The van der Waals surface area contributed by atoms with Gasteiger partial charge in [0.15, 0.2) is 0 Å². The van der Waals surface area contributed by atoms with Crippen LogP contribution in [0.4, 0.5) is 0 Å². The molecule has 6 nitrogen and oxygen atoms in total. The third kappa shape index (κ3) is 7.28. The Balaban J connectivity index is 1.21. The van der Waals surface area contributed by atoms with Crippen LogP contribution in [-0.4, -0.2) is 52.4 Å². The minimum Gasteiger partial charge on any atom is -0.488 e. The van der Waals surface area contributed by atoms with E-state index in [4.69, 9.17) is 14.5 Å². The zero-order chi connectivity index (χ0) is 24.8. The van der Waals surface area contributed by atoms with E-state index in [2.05, 4.69) is 12.1 Å². The molecule has 2 atom stereocenters. The summed E-state index contributed by atoms with van der Waals surface area (Å²) in [5, 5.41) is 9.94. The van der Waals surface area contributed by atoms with Gasteiger partial charge in [-0.2, -0.15) is 0 Å². The highest BCUT2D eigenvalue weighted by Gasteiger charge is 2.34. The number of fused-ring (bicyclic) bond motifs is 1. The minimum absolute atomic E-state index is 0.0854. The van der Waals surface area contributed by atoms with Crippen LogP contribution < -0.4 is 4.74 Å². The van der Waals surface area contributed by atoms with Gasteiger partial charge < -0.3 is 14.6 Å². The van der Waals surface area contributed by atoms with Crippen LogP contribution in [0.3, 0.4) is 0 Å². The number of rotatable bonds is 10. The fourth-order valence-corrected chi connectivity index (χ4v) is 5.13.